The molecule has 0 spiro atoms. The number of fused-ring (bicyclic) bond motifs is 1. The highest BCUT2D eigenvalue weighted by Crippen LogP contribution is 2.30. The monoisotopic (exact) mass is 582 g/mol. The van der Waals surface area contributed by atoms with Gasteiger partial charge in [-0.05, 0) is 37.5 Å². The molecule has 2 heterocycles. The molecule has 4 rings (SSSR count). The molecule has 0 aliphatic carbocycles. The van der Waals surface area contributed by atoms with E-state index in [1.165, 1.54) is 42.7 Å². The van der Waals surface area contributed by atoms with Gasteiger partial charge in [-0.25, -0.2) is 4.98 Å². The van der Waals surface area contributed by atoms with Crippen LogP contribution in [0.4, 0.5) is 5.82 Å². The van der Waals surface area contributed by atoms with Crippen LogP contribution in [-0.4, -0.2) is 26.6 Å². The number of hydrogen-bond acceptors (Lipinski definition) is 4. The number of aromatic amines is 1. The normalized spacial score (nSPS) is 12.0. The van der Waals surface area contributed by atoms with Gasteiger partial charge in [0.25, 0.3) is 11.5 Å². The van der Waals surface area contributed by atoms with E-state index in [4.69, 9.17) is 27.9 Å². The molecule has 9 heteroatoms. The topological polar surface area (TPSA) is 88.5 Å². The first-order chi connectivity index (χ1) is 19.4. The van der Waals surface area contributed by atoms with Crippen molar-refractivity contribution in [3.05, 3.63) is 80.6 Å². The zero-order valence-corrected chi connectivity index (χ0v) is 24.5. The van der Waals surface area contributed by atoms with Gasteiger partial charge in [-0.1, -0.05) is 111 Å². The summed E-state index contributed by atoms with van der Waals surface area (Å²) in [6, 6.07) is 16.1. The summed E-state index contributed by atoms with van der Waals surface area (Å²) >= 11 is 13.0. The number of rotatable bonds is 14. The Labute approximate surface area is 244 Å². The van der Waals surface area contributed by atoms with Crippen LogP contribution in [0.25, 0.3) is 16.9 Å². The molecule has 0 bridgehead atoms. The molecule has 1 atom stereocenters. The van der Waals surface area contributed by atoms with Crippen LogP contribution in [0.2, 0.25) is 10.0 Å². The SMILES string of the molecule is CCCCCCCCCCC(Oc1ccc(C)cc1Cl)C(=O)Nc1cc(=O)n2[nH]c(-c3ccccc3)c(Cl)c2n1. The second-order valence-electron chi connectivity index (χ2n) is 10.1. The van der Waals surface area contributed by atoms with Crippen molar-refractivity contribution in [3.63, 3.8) is 0 Å². The quantitative estimate of drug-likeness (QED) is 0.146. The number of carbonyl (C=O) groups excluding carboxylic acids is 1. The number of anilines is 1. The number of aryl methyl sites for hydroxylation is 1. The Balaban J connectivity index is 1.49. The van der Waals surface area contributed by atoms with E-state index in [0.29, 0.717) is 22.9 Å². The van der Waals surface area contributed by atoms with Crippen molar-refractivity contribution in [1.29, 1.82) is 0 Å². The maximum absolute atomic E-state index is 13.4. The molecule has 40 heavy (non-hydrogen) atoms. The number of aromatic nitrogens is 3. The highest BCUT2D eigenvalue weighted by molar-refractivity contribution is 6.36. The van der Waals surface area contributed by atoms with Crippen LogP contribution in [0.5, 0.6) is 5.75 Å². The fraction of sp³-hybridized carbons (Fsp3) is 0.387. The number of unbranched alkanes of at least 4 members (excludes halogenated alkanes) is 7. The zero-order valence-electron chi connectivity index (χ0n) is 23.0. The highest BCUT2D eigenvalue weighted by Gasteiger charge is 2.23. The molecule has 0 fully saturated rings. The molecule has 1 amide bonds. The van der Waals surface area contributed by atoms with Gasteiger partial charge in [0.15, 0.2) is 11.8 Å². The molecule has 0 radical (unpaired) electrons. The summed E-state index contributed by atoms with van der Waals surface area (Å²) in [6.07, 6.45) is 8.87. The lowest BCUT2D eigenvalue weighted by molar-refractivity contribution is -0.123. The summed E-state index contributed by atoms with van der Waals surface area (Å²) in [6.45, 7) is 4.15. The molecule has 0 saturated heterocycles. The predicted octanol–water partition coefficient (Wildman–Crippen LogP) is 8.22. The van der Waals surface area contributed by atoms with Crippen LogP contribution in [0, 0.1) is 6.92 Å². The number of amides is 1. The van der Waals surface area contributed by atoms with Gasteiger partial charge in [0.2, 0.25) is 0 Å². The van der Waals surface area contributed by atoms with Crippen molar-refractivity contribution in [3.8, 4) is 17.0 Å². The first-order valence-electron chi connectivity index (χ1n) is 14.0. The van der Waals surface area contributed by atoms with Gasteiger partial charge in [-0.2, -0.15) is 4.52 Å². The number of halogens is 2. The first kappa shape index (κ1) is 29.7. The molecule has 4 aromatic rings. The Kier molecular flexibility index (Phi) is 10.7. The van der Waals surface area contributed by atoms with E-state index >= 15 is 0 Å². The standard InChI is InChI=1S/C31H36Cl2N4O3/c1-3-4-5-6-7-8-9-13-16-25(40-24-18-17-21(2)19-23(24)32)31(39)35-26-20-27(38)37-30(34-26)28(33)29(36-37)22-14-11-10-12-15-22/h10-12,14-15,17-20,25,36H,3-9,13,16H2,1-2H3,(H,35,39). The minimum atomic E-state index is -0.804. The third-order valence-corrected chi connectivity index (χ3v) is 7.49. The molecule has 0 aliphatic rings. The second-order valence-corrected chi connectivity index (χ2v) is 10.9. The van der Waals surface area contributed by atoms with Gasteiger partial charge < -0.3 is 10.1 Å². The molecule has 2 N–H and O–H groups in total. The maximum Gasteiger partial charge on any atom is 0.274 e. The predicted molar refractivity (Wildman–Crippen MR) is 163 cm³/mol. The lowest BCUT2D eigenvalue weighted by atomic mass is 10.1. The fourth-order valence-electron chi connectivity index (χ4n) is 4.64. The largest absolute Gasteiger partial charge is 0.479 e. The lowest BCUT2D eigenvalue weighted by Crippen LogP contribution is -2.34. The molecule has 2 aromatic carbocycles. The molecule has 1 unspecified atom stereocenters. The number of H-pyrrole nitrogens is 1. The van der Waals surface area contributed by atoms with E-state index in [1.54, 1.807) is 12.1 Å². The third-order valence-electron chi connectivity index (χ3n) is 6.84. The van der Waals surface area contributed by atoms with E-state index in [2.05, 4.69) is 22.3 Å². The maximum atomic E-state index is 13.4. The Morgan fingerprint density at radius 2 is 1.70 bits per heavy atom. The van der Waals surface area contributed by atoms with Crippen molar-refractivity contribution in [2.24, 2.45) is 0 Å². The Hall–Kier alpha value is -3.29. The van der Waals surface area contributed by atoms with Gasteiger partial charge in [-0.15, -0.1) is 0 Å². The number of nitrogens with zero attached hydrogens (tertiary/aromatic N) is 2. The van der Waals surface area contributed by atoms with E-state index in [-0.39, 0.29) is 16.5 Å². The van der Waals surface area contributed by atoms with E-state index in [1.807, 2.05) is 43.3 Å². The first-order valence-corrected chi connectivity index (χ1v) is 14.7. The fourth-order valence-corrected chi connectivity index (χ4v) is 5.20. The number of nitrogens with one attached hydrogen (secondary N) is 2. The summed E-state index contributed by atoms with van der Waals surface area (Å²) in [5.74, 6) is 0.150. The number of benzene rings is 2. The van der Waals surface area contributed by atoms with Crippen LogP contribution in [-0.2, 0) is 4.79 Å². The minimum Gasteiger partial charge on any atom is -0.479 e. The molecule has 7 nitrogen and oxygen atoms in total. The molecule has 2 aromatic heterocycles. The van der Waals surface area contributed by atoms with E-state index < -0.39 is 17.6 Å². The summed E-state index contributed by atoms with van der Waals surface area (Å²) in [4.78, 5) is 30.8. The average molecular weight is 584 g/mol. The summed E-state index contributed by atoms with van der Waals surface area (Å²) in [7, 11) is 0. The minimum absolute atomic E-state index is 0.107. The van der Waals surface area contributed by atoms with E-state index in [9.17, 15) is 9.59 Å². The highest BCUT2D eigenvalue weighted by atomic mass is 35.5. The van der Waals surface area contributed by atoms with Gasteiger partial charge in [0.05, 0.1) is 10.7 Å². The Morgan fingerprint density at radius 3 is 2.40 bits per heavy atom. The van der Waals surface area contributed by atoms with Gasteiger partial charge in [0, 0.05) is 11.6 Å². The summed E-state index contributed by atoms with van der Waals surface area (Å²) in [5.41, 5.74) is 2.21. The lowest BCUT2D eigenvalue weighted by Gasteiger charge is -2.19. The molecular formula is C31H36Cl2N4O3. The number of ether oxygens (including phenoxy) is 1. The molecule has 0 aliphatic heterocycles. The van der Waals surface area contributed by atoms with Crippen LogP contribution < -0.4 is 15.6 Å². The summed E-state index contributed by atoms with van der Waals surface area (Å²) < 4.78 is 7.37. The van der Waals surface area contributed by atoms with E-state index in [0.717, 1.165) is 30.4 Å². The summed E-state index contributed by atoms with van der Waals surface area (Å²) in [5, 5.41) is 6.52. The van der Waals surface area contributed by atoms with Crippen LogP contribution in [0.3, 0.4) is 0 Å². The van der Waals surface area contributed by atoms with Crippen molar-refractivity contribution in [2.75, 3.05) is 5.32 Å². The number of carbonyl (C=O) groups is 1. The van der Waals surface area contributed by atoms with Crippen molar-refractivity contribution >= 4 is 40.6 Å². The molecule has 0 saturated carbocycles. The second kappa shape index (κ2) is 14.4. The molecular weight excluding hydrogens is 547 g/mol. The zero-order chi connectivity index (χ0) is 28.5. The van der Waals surface area contributed by atoms with Crippen LogP contribution in [0.15, 0.2) is 59.4 Å². The van der Waals surface area contributed by atoms with Gasteiger partial charge in [-0.3, -0.25) is 14.7 Å². The van der Waals surface area contributed by atoms with Gasteiger partial charge >= 0.3 is 0 Å². The number of hydrogen-bond donors (Lipinski definition) is 2. The molecule has 212 valence electrons. The van der Waals surface area contributed by atoms with Crippen molar-refractivity contribution in [2.45, 2.75) is 77.7 Å². The average Bonchev–Trinajstić information content (AvgIpc) is 3.27. The van der Waals surface area contributed by atoms with Crippen LogP contribution in [0.1, 0.15) is 70.3 Å². The van der Waals surface area contributed by atoms with Gasteiger partial charge in [0.1, 0.15) is 16.6 Å². The Bertz CT molecular complexity index is 1480. The third kappa shape index (κ3) is 7.67. The van der Waals surface area contributed by atoms with Crippen molar-refractivity contribution in [1.82, 2.24) is 14.6 Å². The smallest absolute Gasteiger partial charge is 0.274 e. The Morgan fingerprint density at radius 1 is 1.00 bits per heavy atom. The van der Waals surface area contributed by atoms with Crippen LogP contribution >= 0.6 is 23.2 Å². The van der Waals surface area contributed by atoms with Crippen molar-refractivity contribution < 1.29 is 9.53 Å².